The number of ether oxygens (including phenoxy) is 3. The zero-order valence-corrected chi connectivity index (χ0v) is 39.2. The van der Waals surface area contributed by atoms with E-state index in [-0.39, 0.29) is 70.4 Å². The van der Waals surface area contributed by atoms with Crippen molar-refractivity contribution in [2.45, 2.75) is 78.4 Å². The van der Waals surface area contributed by atoms with E-state index in [4.69, 9.17) is 31.1 Å². The topological polar surface area (TPSA) is 210 Å². The number of benzene rings is 3. The highest BCUT2D eigenvalue weighted by Crippen LogP contribution is 2.29. The minimum atomic E-state index is -0.984. The number of thiazole rings is 1. The molecule has 0 aliphatic carbocycles. The van der Waals surface area contributed by atoms with Gasteiger partial charge in [-0.15, -0.1) is 11.3 Å². The number of nitrogens with one attached hydrogen (secondary N) is 3. The van der Waals surface area contributed by atoms with Gasteiger partial charge in [0.05, 0.1) is 64.8 Å². The Morgan fingerprint density at radius 3 is 2.36 bits per heavy atom. The largest absolute Gasteiger partial charge is 0.491 e. The summed E-state index contributed by atoms with van der Waals surface area (Å²) >= 11 is 7.74. The average Bonchev–Trinajstić information content (AvgIpc) is 4.05. The Hall–Kier alpha value is -6.16. The summed E-state index contributed by atoms with van der Waals surface area (Å²) in [5.41, 5.74) is 6.33. The van der Waals surface area contributed by atoms with Crippen LogP contribution in [-0.4, -0.2) is 112 Å². The van der Waals surface area contributed by atoms with Crippen molar-refractivity contribution in [3.05, 3.63) is 112 Å². The maximum absolute atomic E-state index is 13.9. The van der Waals surface area contributed by atoms with Crippen LogP contribution in [0.4, 0.5) is 0 Å². The molecule has 1 saturated heterocycles. The Bertz CT molecular complexity index is 2500. The molecular weight excluding hydrogens is 884 g/mol. The van der Waals surface area contributed by atoms with Crippen LogP contribution < -0.4 is 20.7 Å². The van der Waals surface area contributed by atoms with Gasteiger partial charge in [-0.2, -0.15) is 10.4 Å². The second kappa shape index (κ2) is 22.8. The molecule has 1 aliphatic rings. The molecule has 0 bridgehead atoms. The highest BCUT2D eigenvalue weighted by atomic mass is 35.5. The number of halogens is 1. The molecule has 4 amide bonds. The summed E-state index contributed by atoms with van der Waals surface area (Å²) in [4.78, 5) is 60.0. The molecule has 0 saturated carbocycles. The molecule has 1 aliphatic heterocycles. The van der Waals surface area contributed by atoms with Crippen LogP contribution in [0.1, 0.15) is 61.3 Å². The third kappa shape index (κ3) is 13.5. The van der Waals surface area contributed by atoms with E-state index in [1.54, 1.807) is 64.0 Å². The lowest BCUT2D eigenvalue weighted by atomic mass is 9.85. The van der Waals surface area contributed by atoms with Gasteiger partial charge in [0, 0.05) is 42.9 Å². The van der Waals surface area contributed by atoms with Crippen molar-refractivity contribution in [2.75, 3.05) is 39.6 Å². The molecule has 3 aromatic carbocycles. The first-order valence-electron chi connectivity index (χ1n) is 21.6. The van der Waals surface area contributed by atoms with E-state index in [0.717, 1.165) is 27.3 Å². The number of aromatic nitrogens is 3. The standard InChI is InChI=1S/C48H55ClN8O8S/c1-30(26-56-17-16-40(55-56)35-10-11-36(24-50)39(49)22-35)53-45(60)34-12-14-38(15-13-34)65-21-20-63-18-19-64-28-42(59)54-44(48(3,4)5)47(62)57-27-37(58)23-41(57)46(61)51-25-32-6-8-33(9-7-32)43-31(2)52-29-66-43/h6-17,22,29-30,37,41,44,58H,18-21,23,25-28H2,1-5H3,(H,51,61)(H,53,60)(H,54,59)/t30-,37+,41-,44+/m0/s1. The van der Waals surface area contributed by atoms with Crippen molar-refractivity contribution in [3.63, 3.8) is 0 Å². The highest BCUT2D eigenvalue weighted by Gasteiger charge is 2.44. The van der Waals surface area contributed by atoms with Gasteiger partial charge in [-0.1, -0.05) is 62.7 Å². The Balaban J connectivity index is 0.860. The Labute approximate surface area is 393 Å². The lowest BCUT2D eigenvalue weighted by Crippen LogP contribution is -2.58. The number of β-amino-alcohol motifs (C(OH)–C–C–N with tert-alkyl or cyclic N) is 1. The predicted molar refractivity (Wildman–Crippen MR) is 250 cm³/mol. The smallest absolute Gasteiger partial charge is 0.251 e. The fraction of sp³-hybridized carbons (Fsp3) is 0.396. The van der Waals surface area contributed by atoms with Crippen molar-refractivity contribution in [1.82, 2.24) is 35.6 Å². The average molecular weight is 940 g/mol. The fourth-order valence-electron chi connectivity index (χ4n) is 7.30. The highest BCUT2D eigenvalue weighted by molar-refractivity contribution is 7.13. The molecule has 6 rings (SSSR count). The van der Waals surface area contributed by atoms with Gasteiger partial charge < -0.3 is 40.2 Å². The van der Waals surface area contributed by atoms with E-state index in [2.05, 4.69) is 26.0 Å². The minimum absolute atomic E-state index is 0.0293. The van der Waals surface area contributed by atoms with Crippen LogP contribution in [0.15, 0.2) is 84.5 Å². The van der Waals surface area contributed by atoms with Gasteiger partial charge in [0.1, 0.15) is 37.1 Å². The molecule has 1 fully saturated rings. The maximum atomic E-state index is 13.9. The Morgan fingerprint density at radius 1 is 0.970 bits per heavy atom. The van der Waals surface area contributed by atoms with Crippen molar-refractivity contribution in [2.24, 2.45) is 5.41 Å². The van der Waals surface area contributed by atoms with Crippen molar-refractivity contribution in [1.29, 1.82) is 5.26 Å². The molecule has 66 heavy (non-hydrogen) atoms. The van der Waals surface area contributed by atoms with Gasteiger partial charge in [-0.05, 0) is 72.9 Å². The number of aliphatic hydroxyl groups excluding tert-OH is 1. The molecule has 4 atom stereocenters. The number of amides is 4. The monoisotopic (exact) mass is 938 g/mol. The number of hydrogen-bond donors (Lipinski definition) is 4. The van der Waals surface area contributed by atoms with Crippen LogP contribution in [0.5, 0.6) is 5.75 Å². The molecule has 18 heteroatoms. The van der Waals surface area contributed by atoms with Crippen molar-refractivity contribution < 1.29 is 38.5 Å². The number of carbonyl (C=O) groups is 4. The molecule has 3 heterocycles. The summed E-state index contributed by atoms with van der Waals surface area (Å²) in [6.07, 6.45) is 1.02. The molecule has 4 N–H and O–H groups in total. The fourth-order valence-corrected chi connectivity index (χ4v) is 8.34. The van der Waals surface area contributed by atoms with E-state index in [1.165, 1.54) is 4.90 Å². The van der Waals surface area contributed by atoms with Crippen LogP contribution in [0.25, 0.3) is 21.7 Å². The maximum Gasteiger partial charge on any atom is 0.251 e. The second-order valence-corrected chi connectivity index (χ2v) is 18.3. The SMILES string of the molecule is Cc1ncsc1-c1ccc(CNC(=O)[C@@H]2C[C@@H](O)CN2C(=O)[C@@H](NC(=O)COCCOCCOc2ccc(C(=O)N[C@@H](C)Cn3ccc(-c4ccc(C#N)c(Cl)c4)n3)cc2)C(C)(C)C)cc1. The van der Waals surface area contributed by atoms with E-state index in [0.29, 0.717) is 34.1 Å². The van der Waals surface area contributed by atoms with E-state index in [9.17, 15) is 24.3 Å². The second-order valence-electron chi connectivity index (χ2n) is 17.1. The van der Waals surface area contributed by atoms with Gasteiger partial charge >= 0.3 is 0 Å². The minimum Gasteiger partial charge on any atom is -0.491 e. The molecule has 2 aromatic heterocycles. The van der Waals surface area contributed by atoms with E-state index in [1.807, 2.05) is 77.2 Å². The van der Waals surface area contributed by atoms with E-state index < -0.39 is 35.4 Å². The first-order valence-corrected chi connectivity index (χ1v) is 22.8. The zero-order chi connectivity index (χ0) is 47.4. The molecule has 0 unspecified atom stereocenters. The van der Waals surface area contributed by atoms with Crippen molar-refractivity contribution in [3.8, 4) is 33.5 Å². The summed E-state index contributed by atoms with van der Waals surface area (Å²) in [6.45, 7) is 10.4. The van der Waals surface area contributed by atoms with Gasteiger partial charge in [0.25, 0.3) is 5.91 Å². The summed E-state index contributed by atoms with van der Waals surface area (Å²) in [7, 11) is 0. The van der Waals surface area contributed by atoms with Gasteiger partial charge in [-0.25, -0.2) is 4.98 Å². The number of likely N-dealkylation sites (tertiary alicyclic amines) is 1. The molecular formula is C48H55ClN8O8S. The number of carbonyl (C=O) groups excluding carboxylic acids is 4. The number of nitriles is 1. The van der Waals surface area contributed by atoms with Crippen LogP contribution in [0.3, 0.4) is 0 Å². The summed E-state index contributed by atoms with van der Waals surface area (Å²) in [6, 6.07) is 21.5. The van der Waals surface area contributed by atoms with Gasteiger partial charge in [0.15, 0.2) is 0 Å². The molecule has 16 nitrogen and oxygen atoms in total. The number of aliphatic hydroxyl groups is 1. The Morgan fingerprint density at radius 2 is 1.68 bits per heavy atom. The first kappa shape index (κ1) is 49.3. The molecule has 0 radical (unpaired) electrons. The van der Waals surface area contributed by atoms with Gasteiger partial charge in [0.2, 0.25) is 17.7 Å². The lowest BCUT2D eigenvalue weighted by molar-refractivity contribution is -0.144. The summed E-state index contributed by atoms with van der Waals surface area (Å²) in [5, 5.41) is 33.3. The first-order chi connectivity index (χ1) is 31.6. The van der Waals surface area contributed by atoms with Gasteiger partial charge in [-0.3, -0.25) is 23.9 Å². The number of aryl methyl sites for hydroxylation is 1. The zero-order valence-electron chi connectivity index (χ0n) is 37.6. The third-order valence-corrected chi connectivity index (χ3v) is 12.1. The third-order valence-electron chi connectivity index (χ3n) is 10.8. The van der Waals surface area contributed by atoms with Crippen molar-refractivity contribution >= 4 is 46.6 Å². The molecule has 348 valence electrons. The van der Waals surface area contributed by atoms with E-state index >= 15 is 0 Å². The normalized spacial score (nSPS) is 15.7. The number of hydrogen-bond acceptors (Lipinski definition) is 12. The lowest BCUT2D eigenvalue weighted by Gasteiger charge is -2.35. The quantitative estimate of drug-likeness (QED) is 0.0712. The predicted octanol–water partition coefficient (Wildman–Crippen LogP) is 5.55. The van der Waals surface area contributed by atoms with Crippen LogP contribution >= 0.6 is 22.9 Å². The van der Waals surface area contributed by atoms with Crippen LogP contribution in [0, 0.1) is 23.7 Å². The number of nitrogens with zero attached hydrogens (tertiary/aromatic N) is 5. The summed E-state index contributed by atoms with van der Waals surface area (Å²) < 4.78 is 18.6. The summed E-state index contributed by atoms with van der Waals surface area (Å²) in [5.74, 6) is -1.03. The number of rotatable bonds is 20. The molecule has 0 spiro atoms. The Kier molecular flexibility index (Phi) is 17.1. The molecule has 5 aromatic rings. The van der Waals surface area contributed by atoms with Crippen LogP contribution in [0.2, 0.25) is 5.02 Å². The van der Waals surface area contributed by atoms with Crippen LogP contribution in [-0.2, 0) is 36.9 Å².